The van der Waals surface area contributed by atoms with Crippen LogP contribution in [-0.4, -0.2) is 360 Å². The third kappa shape index (κ3) is 21.7. The molecule has 2 amide bonds. The molecule has 19 N–H and O–H groups in total. The predicted octanol–water partition coefficient (Wildman–Crippen LogP) is -0.916. The van der Waals surface area contributed by atoms with Gasteiger partial charge in [-0.05, 0) is 130 Å². The number of amides is 2. The van der Waals surface area contributed by atoms with Crippen LogP contribution in [0.1, 0.15) is 158 Å². The van der Waals surface area contributed by atoms with Gasteiger partial charge in [0.25, 0.3) is 0 Å². The quantitative estimate of drug-likeness (QED) is 0.0220. The van der Waals surface area contributed by atoms with Crippen molar-refractivity contribution in [2.75, 3.05) is 47.2 Å². The van der Waals surface area contributed by atoms with Gasteiger partial charge in [0.2, 0.25) is 11.8 Å². The Bertz CT molecular complexity index is 3660. The molecule has 0 spiro atoms. The monoisotopic (exact) mass is 1870 g/mol. The Morgan fingerprint density at radius 3 is 1.69 bits per heavy atom. The molecule has 5 aliphatic carbocycles. The van der Waals surface area contributed by atoms with Gasteiger partial charge in [-0.1, -0.05) is 66.5 Å². The van der Waals surface area contributed by atoms with Crippen molar-refractivity contribution in [1.29, 1.82) is 0 Å². The van der Waals surface area contributed by atoms with Crippen molar-refractivity contribution in [3.05, 3.63) is 41.5 Å². The number of rotatable bonds is 22. The third-order valence-corrected chi connectivity index (χ3v) is 35.1. The van der Waals surface area contributed by atoms with Crippen molar-refractivity contribution in [3.8, 4) is 0 Å². The number of fused-ring (bicyclic) bond motifs is 7. The van der Waals surface area contributed by atoms with E-state index in [0.717, 1.165) is 45.6 Å². The van der Waals surface area contributed by atoms with Crippen LogP contribution in [0.3, 0.4) is 0 Å². The average Bonchev–Trinajstić information content (AvgIpc) is 0.669. The van der Waals surface area contributed by atoms with Crippen LogP contribution >= 0.6 is 0 Å². The molecular weight excluding hydrogens is 1720 g/mol. The summed E-state index contributed by atoms with van der Waals surface area (Å²) in [5.41, 5.74) is 1.80. The van der Waals surface area contributed by atoms with Gasteiger partial charge in [-0.15, -0.1) is 0 Å². The predicted molar refractivity (Wildman–Crippen MR) is 437 cm³/mol. The van der Waals surface area contributed by atoms with Crippen LogP contribution in [0.5, 0.6) is 0 Å². The minimum atomic E-state index is -1.97. The maximum absolute atomic E-state index is 13.4. The summed E-state index contributed by atoms with van der Waals surface area (Å²) in [7, 11) is 2.59. The zero-order valence-electron chi connectivity index (χ0n) is 73.8. The van der Waals surface area contributed by atoms with Gasteiger partial charge in [0.15, 0.2) is 37.6 Å². The molecule has 1 aromatic rings. The van der Waals surface area contributed by atoms with Gasteiger partial charge in [-0.25, -0.2) is 4.79 Å². The second-order valence-electron chi connectivity index (χ2n) is 38.7. The number of aldehydes is 1. The first-order valence-corrected chi connectivity index (χ1v) is 53.4. The fourth-order valence-electron chi connectivity index (χ4n) is 21.3. The Labute approximate surface area is 723 Å². The number of allylic oxidation sites excluding steroid dienone is 2. The van der Waals surface area contributed by atoms with Gasteiger partial charge in [0, 0.05) is 32.4 Å². The van der Waals surface area contributed by atoms with E-state index in [1.807, 2.05) is 0 Å². The number of esters is 1. The number of benzene rings is 1. The van der Waals surface area contributed by atoms with E-state index in [1.165, 1.54) is 44.8 Å². The Morgan fingerprint density at radius 2 is 1.13 bits per heavy atom. The standard InChI is InChI=1S/C32H50O4.C26H46N2O14.C18H30O16.C7H7.3CH3.Sn/c1-20-11-13-28(4)23(29(20,5)19-33)12-14-30(6)24(28)10-9-21-22-17-27(2,3)15-16-32(22,26(35)36-8)25(34)18-31(21,30)7;1-11-23(19(34)17(15(9-29)39-11)28-16(32)7-5-4-6-8-27-13(3)30)42-26-22(37)20(35)24(12(2)40-26)41-25-21(36)18(33)14(31)10-38-25;1-29-18-14(34-17-10(25)8(23)7(22)5(2-19)31-17)12(11(26)13(33-18)15(27)28)32-16-9(24)6(21)4(20)3-30-16;1-7-5-3-2-4-6-7;;;;/h9,19-20,22-25,34H,10-18H2,1-8H3;11-12,14-15,17-26,29,31,33-37H,4-10H2,1-3H3,(H,27,30)(H,28,32);4-14,16-26H,2-3H2,1H3,(H,27,28);3-6H,1H3;3*1H3;/t20-,22?,23+,24?,25+,28?,29-,30-,31+,32+;11-,12?,14+,15+,17-,18?,19?,20?,21?,22?,23?,24-,25-,26-;4-,5?,6+,7+,8+,9?,10?,11+,12+,13?,14?,16+,17+,18-;;;;;/m001...../s1. The Hall–Kier alpha value is -3.77. The summed E-state index contributed by atoms with van der Waals surface area (Å²) in [6.45, 7) is 21.6. The molecule has 11 aliphatic rings. The molecular formula is C86H142N2O34Sn. The van der Waals surface area contributed by atoms with Gasteiger partial charge in [-0.3, -0.25) is 14.4 Å². The van der Waals surface area contributed by atoms with E-state index in [-0.39, 0.29) is 63.8 Å². The van der Waals surface area contributed by atoms with Gasteiger partial charge in [0.05, 0.1) is 57.9 Å². The summed E-state index contributed by atoms with van der Waals surface area (Å²) in [6.07, 6.45) is -27.1. The number of hydrogen-bond donors (Lipinski definition) is 19. The fourth-order valence-corrected chi connectivity index (χ4v) is 24.6. The molecule has 15 unspecified atom stereocenters. The van der Waals surface area contributed by atoms with Crippen LogP contribution in [0.4, 0.5) is 0 Å². The molecule has 10 fully saturated rings. The third-order valence-electron chi connectivity index (χ3n) is 29.2. The number of aliphatic hydroxyl groups excluding tert-OH is 16. The molecule has 0 radical (unpaired) electrons. The first kappa shape index (κ1) is 103. The second kappa shape index (κ2) is 42.2. The number of carbonyl (C=O) groups excluding carboxylic acids is 4. The maximum atomic E-state index is 13.4. The number of nitrogens with one attached hydrogen (secondary N) is 2. The number of carbonyl (C=O) groups is 5. The van der Waals surface area contributed by atoms with Crippen LogP contribution in [0.2, 0.25) is 14.8 Å². The van der Waals surface area contributed by atoms with Crippen molar-refractivity contribution < 1.29 is 168 Å². The molecule has 0 aromatic heterocycles. The first-order valence-electron chi connectivity index (χ1n) is 43.4. The normalized spacial score (nSPS) is 45.1. The molecule has 6 heterocycles. The second-order valence-corrected chi connectivity index (χ2v) is 53.2. The summed E-state index contributed by atoms with van der Waals surface area (Å²) in [5, 5.41) is 179. The van der Waals surface area contributed by atoms with Crippen molar-refractivity contribution in [2.24, 2.45) is 56.2 Å². The zero-order valence-corrected chi connectivity index (χ0v) is 76.6. The number of ether oxygens (including phenoxy) is 12. The Balaban J connectivity index is 0.000000197. The molecule has 123 heavy (non-hydrogen) atoms. The number of carboxylic acids is 1. The molecule has 6 aliphatic heterocycles. The number of hydrogen-bond acceptors (Lipinski definition) is 33. The number of unbranched alkanes of at least 4 members (excludes halogenated alkanes) is 2. The molecule has 6 saturated heterocycles. The van der Waals surface area contributed by atoms with E-state index < -0.39 is 227 Å². The minimum absolute atomic E-state index is 0.0253. The van der Waals surface area contributed by atoms with Crippen LogP contribution in [0, 0.1) is 63.1 Å². The van der Waals surface area contributed by atoms with Crippen molar-refractivity contribution in [3.63, 3.8) is 0 Å². The molecule has 4 saturated carbocycles. The Morgan fingerprint density at radius 1 is 0.577 bits per heavy atom. The van der Waals surface area contributed by atoms with Gasteiger partial charge >= 0.3 is 85.5 Å². The number of aliphatic hydroxyl groups is 16. The summed E-state index contributed by atoms with van der Waals surface area (Å²) in [4.78, 5) is 68.4. The van der Waals surface area contributed by atoms with Crippen LogP contribution in [0.25, 0.3) is 0 Å². The molecule has 37 heteroatoms. The zero-order chi connectivity index (χ0) is 91.5. The van der Waals surface area contributed by atoms with Crippen molar-refractivity contribution >= 4 is 52.0 Å². The van der Waals surface area contributed by atoms with E-state index in [9.17, 15) is 111 Å². The van der Waals surface area contributed by atoms with E-state index in [0.29, 0.717) is 56.4 Å². The molecule has 38 atom stereocenters. The van der Waals surface area contributed by atoms with Crippen LogP contribution in [0.15, 0.2) is 35.9 Å². The summed E-state index contributed by atoms with van der Waals surface area (Å²) >= 11 is -1.74. The van der Waals surface area contributed by atoms with Crippen molar-refractivity contribution in [2.45, 2.75) is 352 Å². The number of methoxy groups -OCH3 is 2. The average molecular weight is 1870 g/mol. The summed E-state index contributed by atoms with van der Waals surface area (Å²) in [6, 6.07) is 7.99. The summed E-state index contributed by atoms with van der Waals surface area (Å²) in [5.74, 6) is -1.00. The van der Waals surface area contributed by atoms with E-state index >= 15 is 0 Å². The van der Waals surface area contributed by atoms with E-state index in [1.54, 1.807) is 10.5 Å². The van der Waals surface area contributed by atoms with Gasteiger partial charge in [-0.2, -0.15) is 0 Å². The van der Waals surface area contributed by atoms with Crippen LogP contribution in [-0.2, 0) is 80.8 Å². The van der Waals surface area contributed by atoms with E-state index in [2.05, 4.69) is 111 Å². The number of aryl methyl sites for hydroxylation is 1. The summed E-state index contributed by atoms with van der Waals surface area (Å²) < 4.78 is 67.1. The van der Waals surface area contributed by atoms with E-state index in [4.69, 9.17) is 56.8 Å². The molecule has 0 bridgehead atoms. The van der Waals surface area contributed by atoms with Gasteiger partial charge < -0.3 is 159 Å². The number of aliphatic carboxylic acids is 1. The molecule has 704 valence electrons. The number of carboxylic acid groups (broad SMARTS) is 1. The SMILES string of the molecule is CC(=O)NCCCCCC(=O)N[C@@H]1C(O)C(O[C@@H]2OC(C)[C@H](O[C@@H]3OC[C@@H](O)C(O)C3O)C(O)C2O)[C@H](C)O[C@@H]1CO.COC(=O)[C@]12CCC(C)(C)CC1C1=CCC3C4(C)CC[C@H](C)[C@](C)(C=O)[C@@H]4CC[C@]3(C)[C@]1(C)C[C@H]2O.CO[C@@H]1OC(C(=O)O)[C@@H](O)[C@H](O[C@@H]2OC[C@@H](O)[C@H](O)C2O)C1O[C@@H]1OC(CO)[C@H](O)[C@H](O)C1O.Cc1cc[c]([Sn]([CH3])([CH3])[CH3])cc1. The first-order chi connectivity index (χ1) is 57.5. The Kier molecular flexibility index (Phi) is 35.3. The topological polar surface area (TPSA) is 564 Å². The van der Waals surface area contributed by atoms with Crippen molar-refractivity contribution in [1.82, 2.24) is 10.6 Å². The molecule has 1 aromatic carbocycles. The van der Waals surface area contributed by atoms with Gasteiger partial charge in [0.1, 0.15) is 128 Å². The molecule has 12 rings (SSSR count). The fraction of sp³-hybridized carbons (Fsp3) is 0.849. The molecule has 36 nitrogen and oxygen atoms in total. The van der Waals surface area contributed by atoms with Crippen LogP contribution < -0.4 is 14.2 Å².